The molecule has 0 bridgehead atoms. The minimum absolute atomic E-state index is 0.0301. The van der Waals surface area contributed by atoms with Gasteiger partial charge in [-0.15, -0.1) is 0 Å². The zero-order valence-corrected chi connectivity index (χ0v) is 6.40. The van der Waals surface area contributed by atoms with Crippen molar-refractivity contribution in [2.75, 3.05) is 6.54 Å². The number of nitrogens with zero attached hydrogens (tertiary/aromatic N) is 1. The van der Waals surface area contributed by atoms with Gasteiger partial charge in [-0.05, 0) is 20.3 Å². The van der Waals surface area contributed by atoms with Crippen molar-refractivity contribution in [1.29, 1.82) is 0 Å². The van der Waals surface area contributed by atoms with Gasteiger partial charge < -0.3 is 0 Å². The maximum absolute atomic E-state index is 12.8. The smallest absolute Gasteiger partial charge is 0.242 e. The van der Waals surface area contributed by atoms with Crippen LogP contribution in [0.3, 0.4) is 0 Å². The predicted molar refractivity (Wildman–Crippen MR) is 36.0 cm³/mol. The Kier molecular flexibility index (Phi) is 1.95. The van der Waals surface area contributed by atoms with Gasteiger partial charge in [0.2, 0.25) is 0 Å². The van der Waals surface area contributed by atoms with Gasteiger partial charge in [-0.2, -0.15) is 8.78 Å². The lowest BCUT2D eigenvalue weighted by atomic mass is 10.3. The number of hydrogen-bond donors (Lipinski definition) is 0. The van der Waals surface area contributed by atoms with Gasteiger partial charge in [0.15, 0.2) is 0 Å². The molecule has 1 aliphatic heterocycles. The molecular weight excluding hydrogens is 136 g/mol. The second-order valence-electron chi connectivity index (χ2n) is 3.06. The van der Waals surface area contributed by atoms with Gasteiger partial charge in [-0.1, -0.05) is 0 Å². The molecule has 1 aliphatic rings. The van der Waals surface area contributed by atoms with E-state index in [1.165, 1.54) is 4.90 Å². The Morgan fingerprint density at radius 2 is 2.00 bits per heavy atom. The number of halogens is 2. The fourth-order valence-corrected chi connectivity index (χ4v) is 1.41. The number of hydrogen-bond acceptors (Lipinski definition) is 1. The highest BCUT2D eigenvalue weighted by Crippen LogP contribution is 2.33. The number of likely N-dealkylation sites (tertiary alicyclic amines) is 1. The predicted octanol–water partition coefficient (Wildman–Crippen LogP) is 2.08. The molecule has 0 N–H and O–H groups in total. The topological polar surface area (TPSA) is 3.24 Å². The third kappa shape index (κ3) is 1.29. The molecule has 0 aromatic heterocycles. The summed E-state index contributed by atoms with van der Waals surface area (Å²) in [6.07, 6.45) is 0.663. The average molecular weight is 149 g/mol. The lowest BCUT2D eigenvalue weighted by Gasteiger charge is -2.27. The van der Waals surface area contributed by atoms with E-state index in [1.807, 2.05) is 0 Å². The van der Waals surface area contributed by atoms with Crippen molar-refractivity contribution >= 4 is 0 Å². The Morgan fingerprint density at radius 1 is 1.40 bits per heavy atom. The van der Waals surface area contributed by atoms with Crippen molar-refractivity contribution < 1.29 is 8.78 Å². The summed E-state index contributed by atoms with van der Waals surface area (Å²) in [7, 11) is 0. The fourth-order valence-electron chi connectivity index (χ4n) is 1.41. The van der Waals surface area contributed by atoms with Crippen LogP contribution in [-0.4, -0.2) is 23.5 Å². The molecule has 0 saturated carbocycles. The first-order valence-corrected chi connectivity index (χ1v) is 3.68. The molecule has 0 unspecified atom stereocenters. The van der Waals surface area contributed by atoms with E-state index in [-0.39, 0.29) is 12.5 Å². The summed E-state index contributed by atoms with van der Waals surface area (Å²) in [5.74, 6) is 0. The highest BCUT2D eigenvalue weighted by Gasteiger charge is 2.42. The fraction of sp³-hybridized carbons (Fsp3) is 1.00. The SMILES string of the molecule is CC(C)N1CCCC1(F)F. The molecule has 0 amide bonds. The molecule has 3 heteroatoms. The standard InChI is InChI=1S/C7H13F2N/c1-6(2)10-5-3-4-7(10,8)9/h6H,3-5H2,1-2H3. The molecule has 60 valence electrons. The average Bonchev–Trinajstić information content (AvgIpc) is 2.08. The van der Waals surface area contributed by atoms with E-state index in [1.54, 1.807) is 13.8 Å². The molecule has 1 heterocycles. The molecule has 1 nitrogen and oxygen atoms in total. The van der Waals surface area contributed by atoms with E-state index in [0.717, 1.165) is 0 Å². The largest absolute Gasteiger partial charge is 0.305 e. The molecule has 0 atom stereocenters. The lowest BCUT2D eigenvalue weighted by Crippen LogP contribution is -2.40. The van der Waals surface area contributed by atoms with Gasteiger partial charge >= 0.3 is 6.05 Å². The molecule has 0 spiro atoms. The van der Waals surface area contributed by atoms with Crippen molar-refractivity contribution in [3.8, 4) is 0 Å². The van der Waals surface area contributed by atoms with Crippen molar-refractivity contribution in [3.05, 3.63) is 0 Å². The minimum atomic E-state index is -2.53. The second-order valence-corrected chi connectivity index (χ2v) is 3.06. The summed E-state index contributed by atoms with van der Waals surface area (Å²) in [6, 6.07) is -2.56. The lowest BCUT2D eigenvalue weighted by molar-refractivity contribution is -0.131. The van der Waals surface area contributed by atoms with Gasteiger partial charge in [0.05, 0.1) is 0 Å². The Bertz CT molecular complexity index is 123. The molecule has 10 heavy (non-hydrogen) atoms. The van der Waals surface area contributed by atoms with E-state index in [0.29, 0.717) is 13.0 Å². The summed E-state index contributed by atoms with van der Waals surface area (Å²) in [6.45, 7) is 4.16. The van der Waals surface area contributed by atoms with E-state index < -0.39 is 6.05 Å². The van der Waals surface area contributed by atoms with Crippen LogP contribution in [0, 0.1) is 0 Å². The number of alkyl halides is 2. The highest BCUT2D eigenvalue weighted by atomic mass is 19.3. The van der Waals surface area contributed by atoms with Crippen LogP contribution in [0.25, 0.3) is 0 Å². The van der Waals surface area contributed by atoms with Crippen LogP contribution in [0.5, 0.6) is 0 Å². The summed E-state index contributed by atoms with van der Waals surface area (Å²) in [5, 5.41) is 0. The highest BCUT2D eigenvalue weighted by molar-refractivity contribution is 4.79. The van der Waals surface area contributed by atoms with Gasteiger partial charge in [-0.25, -0.2) is 4.90 Å². The molecule has 0 aromatic rings. The van der Waals surface area contributed by atoms with Crippen LogP contribution in [-0.2, 0) is 0 Å². The Balaban J connectivity index is 2.59. The third-order valence-electron chi connectivity index (χ3n) is 1.92. The summed E-state index contributed by atoms with van der Waals surface area (Å²) in [4.78, 5) is 1.26. The second kappa shape index (κ2) is 2.46. The van der Waals surface area contributed by atoms with Crippen LogP contribution in [0.1, 0.15) is 26.7 Å². The van der Waals surface area contributed by atoms with Crippen molar-refractivity contribution in [1.82, 2.24) is 4.90 Å². The Labute approximate surface area is 60.0 Å². The quantitative estimate of drug-likeness (QED) is 0.516. The molecule has 0 aromatic carbocycles. The Morgan fingerprint density at radius 3 is 2.20 bits per heavy atom. The maximum Gasteiger partial charge on any atom is 0.305 e. The molecular formula is C7H13F2N. The van der Waals surface area contributed by atoms with E-state index in [2.05, 4.69) is 0 Å². The first kappa shape index (κ1) is 7.92. The Hall–Kier alpha value is -0.180. The zero-order valence-electron chi connectivity index (χ0n) is 6.40. The van der Waals surface area contributed by atoms with Crippen LogP contribution < -0.4 is 0 Å². The van der Waals surface area contributed by atoms with Gasteiger partial charge in [0.25, 0.3) is 0 Å². The van der Waals surface area contributed by atoms with Crippen molar-refractivity contribution in [2.24, 2.45) is 0 Å². The van der Waals surface area contributed by atoms with E-state index >= 15 is 0 Å². The van der Waals surface area contributed by atoms with Crippen LogP contribution in [0.2, 0.25) is 0 Å². The molecule has 1 rings (SSSR count). The monoisotopic (exact) mass is 149 g/mol. The van der Waals surface area contributed by atoms with Crippen LogP contribution in [0.15, 0.2) is 0 Å². The summed E-state index contributed by atoms with van der Waals surface area (Å²) >= 11 is 0. The summed E-state index contributed by atoms with van der Waals surface area (Å²) < 4.78 is 25.6. The number of rotatable bonds is 1. The van der Waals surface area contributed by atoms with Gasteiger partial charge in [-0.3, -0.25) is 0 Å². The van der Waals surface area contributed by atoms with E-state index in [4.69, 9.17) is 0 Å². The molecule has 0 aliphatic carbocycles. The molecule has 1 saturated heterocycles. The van der Waals surface area contributed by atoms with Crippen molar-refractivity contribution in [3.63, 3.8) is 0 Å². The third-order valence-corrected chi connectivity index (χ3v) is 1.92. The van der Waals surface area contributed by atoms with Gasteiger partial charge in [0, 0.05) is 19.0 Å². The van der Waals surface area contributed by atoms with Gasteiger partial charge in [0.1, 0.15) is 0 Å². The normalized spacial score (nSPS) is 26.1. The van der Waals surface area contributed by atoms with Crippen molar-refractivity contribution in [2.45, 2.75) is 38.8 Å². The summed E-state index contributed by atoms with van der Waals surface area (Å²) in [5.41, 5.74) is 0. The first-order valence-electron chi connectivity index (χ1n) is 3.68. The first-order chi connectivity index (χ1) is 4.54. The molecule has 1 fully saturated rings. The molecule has 0 radical (unpaired) electrons. The van der Waals surface area contributed by atoms with Crippen LogP contribution in [0.4, 0.5) is 8.78 Å². The van der Waals surface area contributed by atoms with Crippen LogP contribution >= 0.6 is 0 Å². The minimum Gasteiger partial charge on any atom is -0.242 e. The zero-order chi connectivity index (χ0) is 7.78. The maximum atomic E-state index is 12.8. The van der Waals surface area contributed by atoms with E-state index in [9.17, 15) is 8.78 Å².